The molecule has 0 bridgehead atoms. The van der Waals surface area contributed by atoms with Crippen LogP contribution in [-0.4, -0.2) is 20.5 Å². The van der Waals surface area contributed by atoms with Crippen molar-refractivity contribution in [3.63, 3.8) is 0 Å². The molecular weight excluding hydrogens is 358 g/mol. The summed E-state index contributed by atoms with van der Waals surface area (Å²) in [6.45, 7) is 9.01. The Kier molecular flexibility index (Phi) is 14.6. The number of aryl methyl sites for hydroxylation is 1. The van der Waals surface area contributed by atoms with Gasteiger partial charge in [0.05, 0.1) is 0 Å². The van der Waals surface area contributed by atoms with E-state index in [4.69, 9.17) is 0 Å². The Morgan fingerprint density at radius 3 is 1.92 bits per heavy atom. The second-order valence-electron chi connectivity index (χ2n) is 7.30. The summed E-state index contributed by atoms with van der Waals surface area (Å²) in [4.78, 5) is 0. The van der Waals surface area contributed by atoms with Crippen molar-refractivity contribution in [2.45, 2.75) is 122 Å². The van der Waals surface area contributed by atoms with Crippen LogP contribution < -0.4 is 0 Å². The second-order valence-corrected chi connectivity index (χ2v) is 9.85. The van der Waals surface area contributed by atoms with Crippen LogP contribution in [0.5, 0.6) is 0 Å². The van der Waals surface area contributed by atoms with E-state index in [0.717, 1.165) is 23.8 Å². The van der Waals surface area contributed by atoms with Crippen molar-refractivity contribution >= 4 is 21.6 Å². The van der Waals surface area contributed by atoms with E-state index in [1.807, 2.05) is 10.8 Å². The van der Waals surface area contributed by atoms with Gasteiger partial charge in [-0.05, 0) is 30.6 Å². The lowest BCUT2D eigenvalue weighted by Gasteiger charge is -2.16. The molecule has 152 valence electrons. The van der Waals surface area contributed by atoms with Crippen molar-refractivity contribution < 1.29 is 0 Å². The fourth-order valence-electron chi connectivity index (χ4n) is 3.22. The van der Waals surface area contributed by atoms with Crippen LogP contribution in [0, 0.1) is 0 Å². The Bertz CT molecular complexity index is 448. The van der Waals surface area contributed by atoms with Crippen LogP contribution in [0.1, 0.15) is 117 Å². The van der Waals surface area contributed by atoms with Crippen LogP contribution in [-0.2, 0) is 6.42 Å². The molecule has 1 heterocycles. The van der Waals surface area contributed by atoms with Crippen molar-refractivity contribution in [3.8, 4) is 0 Å². The first-order chi connectivity index (χ1) is 12.7. The van der Waals surface area contributed by atoms with Crippen LogP contribution >= 0.6 is 21.6 Å². The quantitative estimate of drug-likeness (QED) is 0.197. The first-order valence-electron chi connectivity index (χ1n) is 11.0. The Morgan fingerprint density at radius 2 is 1.38 bits per heavy atom. The smallest absolute Gasteiger partial charge is 0.202 e. The number of hydrogen-bond acceptors (Lipinski definition) is 4. The van der Waals surface area contributed by atoms with Gasteiger partial charge in [0.2, 0.25) is 5.16 Å². The summed E-state index contributed by atoms with van der Waals surface area (Å²) in [5, 5.41) is 10.0. The van der Waals surface area contributed by atoms with Gasteiger partial charge < -0.3 is 4.57 Å². The third kappa shape index (κ3) is 9.68. The largest absolute Gasteiger partial charge is 0.303 e. The maximum Gasteiger partial charge on any atom is 0.202 e. The lowest BCUT2D eigenvalue weighted by molar-refractivity contribution is 0.468. The van der Waals surface area contributed by atoms with Crippen LogP contribution in [0.2, 0.25) is 0 Å². The second kappa shape index (κ2) is 15.9. The molecule has 1 rings (SSSR count). The summed E-state index contributed by atoms with van der Waals surface area (Å²) in [6, 6.07) is 0.493. The van der Waals surface area contributed by atoms with E-state index in [9.17, 15) is 0 Å². The highest BCUT2D eigenvalue weighted by Crippen LogP contribution is 2.32. The molecule has 1 unspecified atom stereocenters. The predicted molar refractivity (Wildman–Crippen MR) is 119 cm³/mol. The van der Waals surface area contributed by atoms with E-state index in [1.54, 1.807) is 10.8 Å². The van der Waals surface area contributed by atoms with E-state index >= 15 is 0 Å². The van der Waals surface area contributed by atoms with Gasteiger partial charge in [-0.2, -0.15) is 0 Å². The van der Waals surface area contributed by atoms with Gasteiger partial charge in [0.15, 0.2) is 0 Å². The van der Waals surface area contributed by atoms with Crippen LogP contribution in [0.15, 0.2) is 5.16 Å². The lowest BCUT2D eigenvalue weighted by Crippen LogP contribution is -2.10. The minimum Gasteiger partial charge on any atom is -0.303 e. The van der Waals surface area contributed by atoms with Crippen molar-refractivity contribution in [2.75, 3.05) is 5.75 Å². The summed E-state index contributed by atoms with van der Waals surface area (Å²) in [7, 11) is 3.63. The van der Waals surface area contributed by atoms with Gasteiger partial charge in [0.25, 0.3) is 0 Å². The van der Waals surface area contributed by atoms with E-state index in [2.05, 4.69) is 42.5 Å². The maximum absolute atomic E-state index is 4.50. The molecule has 0 aliphatic heterocycles. The van der Waals surface area contributed by atoms with Crippen molar-refractivity contribution in [3.05, 3.63) is 5.82 Å². The first kappa shape index (κ1) is 23.9. The Morgan fingerprint density at radius 1 is 0.808 bits per heavy atom. The molecule has 0 saturated carbocycles. The lowest BCUT2D eigenvalue weighted by atomic mass is 10.1. The van der Waals surface area contributed by atoms with Gasteiger partial charge in [0.1, 0.15) is 5.82 Å². The van der Waals surface area contributed by atoms with Crippen LogP contribution in [0.25, 0.3) is 0 Å². The average molecular weight is 400 g/mol. The number of hydrogen-bond donors (Lipinski definition) is 0. The molecule has 0 saturated heterocycles. The summed E-state index contributed by atoms with van der Waals surface area (Å²) < 4.78 is 2.38. The van der Waals surface area contributed by atoms with Gasteiger partial charge in [-0.1, -0.05) is 95.8 Å². The zero-order valence-corrected chi connectivity index (χ0v) is 19.3. The Hall–Kier alpha value is -0.160. The van der Waals surface area contributed by atoms with Crippen molar-refractivity contribution in [1.29, 1.82) is 0 Å². The van der Waals surface area contributed by atoms with Crippen LogP contribution in [0.3, 0.4) is 0 Å². The average Bonchev–Trinajstić information content (AvgIpc) is 3.06. The third-order valence-corrected chi connectivity index (χ3v) is 7.31. The van der Waals surface area contributed by atoms with E-state index in [0.29, 0.717) is 6.04 Å². The molecule has 3 nitrogen and oxygen atoms in total. The molecule has 0 aliphatic rings. The summed E-state index contributed by atoms with van der Waals surface area (Å²) in [5.74, 6) is 2.29. The topological polar surface area (TPSA) is 30.7 Å². The predicted octanol–water partition coefficient (Wildman–Crippen LogP) is 7.86. The number of unbranched alkanes of at least 4 members (excludes halogenated alkanes) is 10. The fourth-order valence-corrected chi connectivity index (χ4v) is 4.89. The SMILES string of the molecule is CCCCCCCCCCCCCc1nnc(SSCC)n1C(C)CC. The number of aromatic nitrogens is 3. The summed E-state index contributed by atoms with van der Waals surface area (Å²) in [6.07, 6.45) is 17.5. The molecule has 0 radical (unpaired) electrons. The summed E-state index contributed by atoms with van der Waals surface area (Å²) in [5.41, 5.74) is 0. The van der Waals surface area contributed by atoms with E-state index in [1.165, 1.54) is 76.5 Å². The zero-order valence-electron chi connectivity index (χ0n) is 17.6. The van der Waals surface area contributed by atoms with Gasteiger partial charge >= 0.3 is 0 Å². The minimum atomic E-state index is 0.493. The normalized spacial score (nSPS) is 12.6. The molecule has 0 aliphatic carbocycles. The van der Waals surface area contributed by atoms with Crippen molar-refractivity contribution in [1.82, 2.24) is 14.8 Å². The van der Waals surface area contributed by atoms with Gasteiger partial charge in [0, 0.05) is 18.2 Å². The molecule has 0 spiro atoms. The van der Waals surface area contributed by atoms with Crippen LogP contribution in [0.4, 0.5) is 0 Å². The molecular formula is C21H41N3S2. The molecule has 1 aromatic heterocycles. The molecule has 1 atom stereocenters. The van der Waals surface area contributed by atoms with Gasteiger partial charge in [-0.25, -0.2) is 0 Å². The monoisotopic (exact) mass is 399 g/mol. The van der Waals surface area contributed by atoms with Gasteiger partial charge in [-0.15, -0.1) is 10.2 Å². The molecule has 0 aromatic carbocycles. The number of rotatable bonds is 17. The Labute approximate surface area is 170 Å². The van der Waals surface area contributed by atoms with E-state index in [-0.39, 0.29) is 0 Å². The highest BCUT2D eigenvalue weighted by Gasteiger charge is 2.16. The molecule has 1 aromatic rings. The molecule has 5 heteroatoms. The molecule has 0 fully saturated rings. The molecule has 26 heavy (non-hydrogen) atoms. The van der Waals surface area contributed by atoms with E-state index < -0.39 is 0 Å². The highest BCUT2D eigenvalue weighted by atomic mass is 33.1. The fraction of sp³-hybridized carbons (Fsp3) is 0.905. The molecule has 0 amide bonds. The number of nitrogens with zero attached hydrogens (tertiary/aromatic N) is 3. The summed E-state index contributed by atoms with van der Waals surface area (Å²) >= 11 is 0. The standard InChI is InChI=1S/C21H41N3S2/c1-5-8-9-10-11-12-13-14-15-16-17-18-20-22-23-21(26-25-7-3)24(20)19(4)6-2/h19H,5-18H2,1-4H3. The minimum absolute atomic E-state index is 0.493. The first-order valence-corrected chi connectivity index (χ1v) is 13.3. The van der Waals surface area contributed by atoms with Gasteiger partial charge in [-0.3, -0.25) is 0 Å². The molecule has 0 N–H and O–H groups in total. The maximum atomic E-state index is 4.50. The third-order valence-electron chi connectivity index (χ3n) is 5.02. The van der Waals surface area contributed by atoms with Crippen molar-refractivity contribution in [2.24, 2.45) is 0 Å². The highest BCUT2D eigenvalue weighted by molar-refractivity contribution is 8.76. The Balaban J connectivity index is 2.21. The zero-order chi connectivity index (χ0) is 19.0.